The highest BCUT2D eigenvalue weighted by Crippen LogP contribution is 2.27. The molecule has 0 radical (unpaired) electrons. The van der Waals surface area contributed by atoms with E-state index in [0.717, 1.165) is 55.9 Å². The number of halogens is 1. The van der Waals surface area contributed by atoms with Gasteiger partial charge in [0.15, 0.2) is 5.96 Å². The number of likely N-dealkylation sites (tertiary alicyclic amines) is 1. The standard InChI is InChI=1S/C24H39N7O.HI/c1-2-26-24(29-20-11-14-30(17-20)21-9-3-4-10-21)28-15-18-7-5-12-27-23(18)31-13-6-8-19(16-31)22(25)32;/h5,7,12,19-21H,2-4,6,8-11,13-17H2,1H3,(H2,25,32)(H2,26,28,29);1H. The number of pyridine rings is 1. The normalized spacial score (nSPS) is 24.5. The van der Waals surface area contributed by atoms with Gasteiger partial charge in [0.25, 0.3) is 0 Å². The van der Waals surface area contributed by atoms with E-state index in [2.05, 4.69) is 38.4 Å². The molecule has 0 bridgehead atoms. The van der Waals surface area contributed by atoms with Crippen LogP contribution in [0.15, 0.2) is 23.3 Å². The summed E-state index contributed by atoms with van der Waals surface area (Å²) in [5, 5.41) is 7.07. The van der Waals surface area contributed by atoms with Crippen LogP contribution in [-0.2, 0) is 11.3 Å². The molecule has 4 rings (SSSR count). The van der Waals surface area contributed by atoms with Gasteiger partial charge in [-0.2, -0.15) is 0 Å². The lowest BCUT2D eigenvalue weighted by Crippen LogP contribution is -2.45. The SMILES string of the molecule is CCNC(=NCc1cccnc1N1CCCC(C(N)=O)C1)NC1CCN(C2CCCC2)C1.I. The molecule has 2 atom stereocenters. The van der Waals surface area contributed by atoms with Crippen molar-refractivity contribution in [3.63, 3.8) is 0 Å². The van der Waals surface area contributed by atoms with Crippen LogP contribution in [0.3, 0.4) is 0 Å². The number of piperidine rings is 1. The maximum Gasteiger partial charge on any atom is 0.222 e. The number of hydrogen-bond acceptors (Lipinski definition) is 5. The molecule has 1 aliphatic carbocycles. The Morgan fingerprint density at radius 2 is 2.00 bits per heavy atom. The second-order valence-corrected chi connectivity index (χ2v) is 9.43. The number of aromatic nitrogens is 1. The molecule has 33 heavy (non-hydrogen) atoms. The summed E-state index contributed by atoms with van der Waals surface area (Å²) < 4.78 is 0. The Bertz CT molecular complexity index is 799. The molecule has 1 saturated carbocycles. The summed E-state index contributed by atoms with van der Waals surface area (Å²) >= 11 is 0. The van der Waals surface area contributed by atoms with Crippen LogP contribution in [0.25, 0.3) is 0 Å². The maximum absolute atomic E-state index is 11.7. The van der Waals surface area contributed by atoms with Gasteiger partial charge in [-0.1, -0.05) is 18.9 Å². The first-order valence-electron chi connectivity index (χ1n) is 12.4. The van der Waals surface area contributed by atoms with E-state index in [1.165, 1.54) is 38.6 Å². The van der Waals surface area contributed by atoms with Crippen LogP contribution in [-0.4, -0.2) is 66.6 Å². The molecule has 2 unspecified atom stereocenters. The number of aliphatic imine (C=N–C) groups is 1. The molecule has 8 nitrogen and oxygen atoms in total. The highest BCUT2D eigenvalue weighted by molar-refractivity contribution is 14.0. The number of carbonyl (C=O) groups excluding carboxylic acids is 1. The van der Waals surface area contributed by atoms with Crippen LogP contribution in [0.4, 0.5) is 5.82 Å². The van der Waals surface area contributed by atoms with Crippen LogP contribution in [0.2, 0.25) is 0 Å². The van der Waals surface area contributed by atoms with E-state index in [0.29, 0.717) is 19.1 Å². The van der Waals surface area contributed by atoms with E-state index < -0.39 is 0 Å². The van der Waals surface area contributed by atoms with Crippen LogP contribution in [0.1, 0.15) is 57.4 Å². The van der Waals surface area contributed by atoms with Crippen molar-refractivity contribution in [1.29, 1.82) is 0 Å². The molecule has 0 spiro atoms. The Hall–Kier alpha value is -1.62. The largest absolute Gasteiger partial charge is 0.369 e. The van der Waals surface area contributed by atoms with Gasteiger partial charge in [-0.3, -0.25) is 9.69 Å². The first-order chi connectivity index (χ1) is 15.6. The van der Waals surface area contributed by atoms with Gasteiger partial charge in [0.2, 0.25) is 5.91 Å². The third-order valence-electron chi connectivity index (χ3n) is 7.14. The average molecular weight is 570 g/mol. The average Bonchev–Trinajstić information content (AvgIpc) is 3.50. The Kier molecular flexibility index (Phi) is 10.0. The van der Waals surface area contributed by atoms with Crippen molar-refractivity contribution < 1.29 is 4.79 Å². The molecule has 3 fully saturated rings. The summed E-state index contributed by atoms with van der Waals surface area (Å²) in [6.45, 7) is 7.31. The Balaban J connectivity index is 0.00000306. The van der Waals surface area contributed by atoms with Gasteiger partial charge in [-0.05, 0) is 45.1 Å². The summed E-state index contributed by atoms with van der Waals surface area (Å²) in [5.41, 5.74) is 6.65. The number of nitrogens with zero attached hydrogens (tertiary/aromatic N) is 4. The highest BCUT2D eigenvalue weighted by Gasteiger charge is 2.30. The molecule has 1 amide bonds. The monoisotopic (exact) mass is 569 g/mol. The molecule has 1 aromatic heterocycles. The quantitative estimate of drug-likeness (QED) is 0.265. The van der Waals surface area contributed by atoms with Gasteiger partial charge in [0, 0.05) is 56.6 Å². The number of anilines is 1. The highest BCUT2D eigenvalue weighted by atomic mass is 127. The van der Waals surface area contributed by atoms with Crippen molar-refractivity contribution in [3.05, 3.63) is 23.9 Å². The maximum atomic E-state index is 11.7. The molecule has 184 valence electrons. The van der Waals surface area contributed by atoms with Gasteiger partial charge in [-0.15, -0.1) is 24.0 Å². The van der Waals surface area contributed by atoms with Crippen LogP contribution < -0.4 is 21.3 Å². The second-order valence-electron chi connectivity index (χ2n) is 9.43. The van der Waals surface area contributed by atoms with E-state index in [1.54, 1.807) is 0 Å². The first kappa shape index (κ1) is 26.0. The predicted molar refractivity (Wildman–Crippen MR) is 144 cm³/mol. The second kappa shape index (κ2) is 12.7. The number of nitrogens with one attached hydrogen (secondary N) is 2. The number of guanidine groups is 1. The molecule has 1 aromatic rings. The predicted octanol–water partition coefficient (Wildman–Crippen LogP) is 2.47. The third kappa shape index (κ3) is 6.94. The van der Waals surface area contributed by atoms with E-state index >= 15 is 0 Å². The van der Waals surface area contributed by atoms with Gasteiger partial charge in [-0.25, -0.2) is 9.98 Å². The molecular weight excluding hydrogens is 529 g/mol. The topological polar surface area (TPSA) is 98.9 Å². The molecule has 2 saturated heterocycles. The molecule has 3 aliphatic rings. The van der Waals surface area contributed by atoms with E-state index in [-0.39, 0.29) is 35.8 Å². The van der Waals surface area contributed by atoms with Crippen LogP contribution in [0.5, 0.6) is 0 Å². The summed E-state index contributed by atoms with van der Waals surface area (Å²) in [6.07, 6.45) is 10.3. The molecular formula is C24H40IN7O. The minimum absolute atomic E-state index is 0. The summed E-state index contributed by atoms with van der Waals surface area (Å²) in [6, 6.07) is 5.27. The third-order valence-corrected chi connectivity index (χ3v) is 7.14. The van der Waals surface area contributed by atoms with Gasteiger partial charge < -0.3 is 21.3 Å². The Morgan fingerprint density at radius 3 is 2.76 bits per heavy atom. The summed E-state index contributed by atoms with van der Waals surface area (Å²) in [7, 11) is 0. The van der Waals surface area contributed by atoms with Gasteiger partial charge >= 0.3 is 0 Å². The van der Waals surface area contributed by atoms with E-state index in [9.17, 15) is 4.79 Å². The van der Waals surface area contributed by atoms with Gasteiger partial charge in [0.1, 0.15) is 5.82 Å². The van der Waals surface area contributed by atoms with Crippen LogP contribution in [0, 0.1) is 5.92 Å². The van der Waals surface area contributed by atoms with Crippen molar-refractivity contribution in [2.45, 2.75) is 70.5 Å². The number of amides is 1. The summed E-state index contributed by atoms with van der Waals surface area (Å²) in [5.74, 6) is 1.47. The zero-order chi connectivity index (χ0) is 22.3. The lowest BCUT2D eigenvalue weighted by molar-refractivity contribution is -0.122. The smallest absolute Gasteiger partial charge is 0.222 e. The molecule has 4 N–H and O–H groups in total. The first-order valence-corrected chi connectivity index (χ1v) is 12.4. The number of primary amides is 1. The minimum Gasteiger partial charge on any atom is -0.369 e. The lowest BCUT2D eigenvalue weighted by atomic mass is 9.97. The van der Waals surface area contributed by atoms with E-state index in [1.807, 2.05) is 12.3 Å². The Morgan fingerprint density at radius 1 is 1.18 bits per heavy atom. The van der Waals surface area contributed by atoms with Crippen molar-refractivity contribution in [2.24, 2.45) is 16.6 Å². The van der Waals surface area contributed by atoms with E-state index in [4.69, 9.17) is 10.7 Å². The van der Waals surface area contributed by atoms with Crippen molar-refractivity contribution >= 4 is 41.7 Å². The minimum atomic E-state index is -0.216. The molecule has 0 aromatic carbocycles. The summed E-state index contributed by atoms with van der Waals surface area (Å²) in [4.78, 5) is 26.1. The number of nitrogens with two attached hydrogens (primary N) is 1. The Labute approximate surface area is 215 Å². The van der Waals surface area contributed by atoms with Gasteiger partial charge in [0.05, 0.1) is 12.5 Å². The van der Waals surface area contributed by atoms with Crippen molar-refractivity contribution in [1.82, 2.24) is 20.5 Å². The molecule has 9 heteroatoms. The fourth-order valence-electron chi connectivity index (χ4n) is 5.42. The lowest BCUT2D eigenvalue weighted by Gasteiger charge is -2.33. The van der Waals surface area contributed by atoms with Crippen molar-refractivity contribution in [3.8, 4) is 0 Å². The number of carbonyl (C=O) groups is 1. The number of rotatable bonds is 7. The zero-order valence-corrected chi connectivity index (χ0v) is 22.2. The van der Waals surface area contributed by atoms with Crippen LogP contribution >= 0.6 is 24.0 Å². The molecule has 3 heterocycles. The fourth-order valence-corrected chi connectivity index (χ4v) is 5.42. The fraction of sp³-hybridized carbons (Fsp3) is 0.708. The molecule has 2 aliphatic heterocycles. The zero-order valence-electron chi connectivity index (χ0n) is 19.8. The number of hydrogen-bond donors (Lipinski definition) is 3. The van der Waals surface area contributed by atoms with Crippen molar-refractivity contribution in [2.75, 3.05) is 37.6 Å².